The number of rotatable bonds is 7. The van der Waals surface area contributed by atoms with Crippen molar-refractivity contribution >= 4 is 40.1 Å². The molecule has 0 N–H and O–H groups in total. The Hall–Kier alpha value is -3.16. The van der Waals surface area contributed by atoms with Gasteiger partial charge in [-0.3, -0.25) is 14.2 Å². The molecule has 0 aliphatic rings. The Balaban J connectivity index is 1.89. The Labute approximate surface area is 199 Å². The first kappa shape index (κ1) is 23.0. The van der Waals surface area contributed by atoms with Gasteiger partial charge in [0.1, 0.15) is 0 Å². The molecule has 7 nitrogen and oxygen atoms in total. The van der Waals surface area contributed by atoms with Gasteiger partial charge in [-0.05, 0) is 60.9 Å². The van der Waals surface area contributed by atoms with E-state index >= 15 is 0 Å². The minimum absolute atomic E-state index is 0.101. The predicted molar refractivity (Wildman–Crippen MR) is 130 cm³/mol. The lowest BCUT2D eigenvalue weighted by molar-refractivity contribution is 0.0973. The number of ketones is 1. The van der Waals surface area contributed by atoms with Gasteiger partial charge in [0.25, 0.3) is 5.56 Å². The second-order valence-electron chi connectivity index (χ2n) is 8.21. The Morgan fingerprint density at radius 1 is 0.970 bits per heavy atom. The molecule has 170 valence electrons. The van der Waals surface area contributed by atoms with E-state index in [1.807, 2.05) is 13.8 Å². The molecule has 4 rings (SSSR count). The lowest BCUT2D eigenvalue weighted by atomic mass is 10.1. The number of carbonyl (C=O) groups is 1. The van der Waals surface area contributed by atoms with E-state index in [1.54, 1.807) is 48.5 Å². The van der Waals surface area contributed by atoms with Crippen LogP contribution in [0.5, 0.6) is 0 Å². The minimum Gasteiger partial charge on any atom is -0.317 e. The van der Waals surface area contributed by atoms with E-state index in [0.717, 1.165) is 0 Å². The summed E-state index contributed by atoms with van der Waals surface area (Å²) in [6.07, 6.45) is 2.07. The van der Waals surface area contributed by atoms with Crippen molar-refractivity contribution < 1.29 is 4.79 Å². The molecule has 0 bridgehead atoms. The number of Topliss-reactive ketones (excluding diaryl/α,β-unsaturated/α-hetero) is 1. The molecule has 0 aliphatic carbocycles. The summed E-state index contributed by atoms with van der Waals surface area (Å²) in [4.78, 5) is 43.9. The Morgan fingerprint density at radius 3 is 2.18 bits per heavy atom. The second kappa shape index (κ2) is 9.37. The van der Waals surface area contributed by atoms with Crippen LogP contribution in [-0.4, -0.2) is 24.5 Å². The molecule has 0 spiro atoms. The van der Waals surface area contributed by atoms with Crippen LogP contribution in [0.1, 0.15) is 30.6 Å². The quantitative estimate of drug-likeness (QED) is 0.359. The van der Waals surface area contributed by atoms with Gasteiger partial charge in [0.2, 0.25) is 0 Å². The zero-order valence-corrected chi connectivity index (χ0v) is 19.7. The van der Waals surface area contributed by atoms with Crippen LogP contribution in [0.4, 0.5) is 0 Å². The zero-order chi connectivity index (χ0) is 23.7. The first-order valence-corrected chi connectivity index (χ1v) is 11.3. The number of hydrogen-bond acceptors (Lipinski definition) is 4. The highest BCUT2D eigenvalue weighted by Gasteiger charge is 2.20. The molecule has 0 aliphatic heterocycles. The fourth-order valence-corrected chi connectivity index (χ4v) is 3.84. The largest absolute Gasteiger partial charge is 0.337 e. The Morgan fingerprint density at radius 2 is 1.58 bits per heavy atom. The Kier molecular flexibility index (Phi) is 6.54. The van der Waals surface area contributed by atoms with Crippen LogP contribution in [0.15, 0.2) is 64.4 Å². The van der Waals surface area contributed by atoms with E-state index < -0.39 is 11.2 Å². The smallest absolute Gasteiger partial charge is 0.317 e. The number of hydrogen-bond donors (Lipinski definition) is 0. The monoisotopic (exact) mass is 484 g/mol. The molecule has 0 fully saturated rings. The van der Waals surface area contributed by atoms with Crippen molar-refractivity contribution in [1.82, 2.24) is 18.7 Å². The molecule has 2 aromatic heterocycles. The third-order valence-corrected chi connectivity index (χ3v) is 5.90. The number of aromatic nitrogens is 4. The van der Waals surface area contributed by atoms with Crippen molar-refractivity contribution in [1.29, 1.82) is 0 Å². The van der Waals surface area contributed by atoms with E-state index in [0.29, 0.717) is 33.6 Å². The predicted octanol–water partition coefficient (Wildman–Crippen LogP) is 4.58. The summed E-state index contributed by atoms with van der Waals surface area (Å²) in [7, 11) is 0. The summed E-state index contributed by atoms with van der Waals surface area (Å²) in [5.41, 5.74) is 0.425. The fraction of sp³-hybridized carbons (Fsp3) is 0.250. The van der Waals surface area contributed by atoms with E-state index in [-0.39, 0.29) is 30.0 Å². The van der Waals surface area contributed by atoms with E-state index in [2.05, 4.69) is 4.98 Å². The summed E-state index contributed by atoms with van der Waals surface area (Å²) in [5.74, 6) is 0.0933. The molecule has 0 atom stereocenters. The number of halogens is 2. The summed E-state index contributed by atoms with van der Waals surface area (Å²) < 4.78 is 4.09. The van der Waals surface area contributed by atoms with E-state index in [9.17, 15) is 14.4 Å². The molecule has 0 saturated carbocycles. The van der Waals surface area contributed by atoms with Gasteiger partial charge in [-0.1, -0.05) is 37.0 Å². The molecule has 33 heavy (non-hydrogen) atoms. The first-order chi connectivity index (χ1) is 15.8. The van der Waals surface area contributed by atoms with Crippen LogP contribution in [-0.2, 0) is 13.1 Å². The average Bonchev–Trinajstić information content (AvgIpc) is 3.18. The van der Waals surface area contributed by atoms with Crippen LogP contribution in [0.2, 0.25) is 10.0 Å². The molecule has 0 saturated heterocycles. The van der Waals surface area contributed by atoms with Gasteiger partial charge >= 0.3 is 5.69 Å². The number of carbonyl (C=O) groups excluding carboxylic acids is 1. The topological polar surface area (TPSA) is 78.9 Å². The van der Waals surface area contributed by atoms with Crippen LogP contribution in [0.25, 0.3) is 16.9 Å². The third kappa shape index (κ3) is 4.65. The standard InChI is InChI=1S/C24H22Cl2N4O3/c1-15(2)11-12-29-23(32)21-22(30(24(29)33)19-9-7-18(26)8-10-19)27-14-28(21)13-20(31)16-3-5-17(25)6-4-16/h3-10,14-15H,11-13H2,1-2H3. The van der Waals surface area contributed by atoms with Crippen molar-refractivity contribution in [2.75, 3.05) is 0 Å². The van der Waals surface area contributed by atoms with E-state index in [4.69, 9.17) is 23.2 Å². The highest BCUT2D eigenvalue weighted by Crippen LogP contribution is 2.17. The van der Waals surface area contributed by atoms with Crippen LogP contribution < -0.4 is 11.2 Å². The summed E-state index contributed by atoms with van der Waals surface area (Å²) >= 11 is 11.9. The van der Waals surface area contributed by atoms with Crippen molar-refractivity contribution in [3.63, 3.8) is 0 Å². The fourth-order valence-electron chi connectivity index (χ4n) is 3.59. The average molecular weight is 485 g/mol. The molecule has 2 heterocycles. The van der Waals surface area contributed by atoms with Crippen LogP contribution in [0, 0.1) is 5.92 Å². The maximum absolute atomic E-state index is 13.4. The Bertz CT molecular complexity index is 1430. The molecular formula is C24H22Cl2N4O3. The second-order valence-corrected chi connectivity index (χ2v) is 9.08. The SMILES string of the molecule is CC(C)CCn1c(=O)c2c(ncn2CC(=O)c2ccc(Cl)cc2)n(-c2ccc(Cl)cc2)c1=O. The molecular weight excluding hydrogens is 463 g/mol. The van der Waals surface area contributed by atoms with Crippen molar-refractivity contribution in [2.24, 2.45) is 5.92 Å². The zero-order valence-electron chi connectivity index (χ0n) is 18.2. The lowest BCUT2D eigenvalue weighted by Gasteiger charge is -2.13. The van der Waals surface area contributed by atoms with Gasteiger partial charge < -0.3 is 4.57 Å². The van der Waals surface area contributed by atoms with E-state index in [1.165, 1.54) is 20.0 Å². The van der Waals surface area contributed by atoms with Crippen molar-refractivity contribution in [3.05, 3.63) is 91.3 Å². The van der Waals surface area contributed by atoms with Gasteiger partial charge in [-0.25, -0.2) is 14.3 Å². The molecule has 9 heteroatoms. The van der Waals surface area contributed by atoms with Gasteiger partial charge in [-0.15, -0.1) is 0 Å². The summed E-state index contributed by atoms with van der Waals surface area (Å²) in [6.45, 7) is 4.21. The molecule has 0 radical (unpaired) electrons. The van der Waals surface area contributed by atoms with Crippen molar-refractivity contribution in [3.8, 4) is 5.69 Å². The number of benzene rings is 2. The summed E-state index contributed by atoms with van der Waals surface area (Å²) in [5, 5.41) is 1.05. The minimum atomic E-state index is -0.482. The maximum atomic E-state index is 13.4. The molecule has 0 unspecified atom stereocenters. The van der Waals surface area contributed by atoms with Gasteiger partial charge in [0.05, 0.1) is 18.6 Å². The molecule has 4 aromatic rings. The number of nitrogens with zero attached hydrogens (tertiary/aromatic N) is 4. The van der Waals surface area contributed by atoms with Crippen LogP contribution >= 0.6 is 23.2 Å². The first-order valence-electron chi connectivity index (χ1n) is 10.5. The van der Waals surface area contributed by atoms with Crippen molar-refractivity contribution in [2.45, 2.75) is 33.4 Å². The highest BCUT2D eigenvalue weighted by molar-refractivity contribution is 6.30. The number of imidazole rings is 1. The van der Waals surface area contributed by atoms with Gasteiger partial charge in [-0.2, -0.15) is 0 Å². The lowest BCUT2D eigenvalue weighted by Crippen LogP contribution is -2.40. The highest BCUT2D eigenvalue weighted by atomic mass is 35.5. The third-order valence-electron chi connectivity index (χ3n) is 5.40. The van der Waals surface area contributed by atoms with Gasteiger partial charge in [0, 0.05) is 22.2 Å². The van der Waals surface area contributed by atoms with Gasteiger partial charge in [0.15, 0.2) is 16.9 Å². The normalized spacial score (nSPS) is 11.4. The maximum Gasteiger partial charge on any atom is 0.337 e. The number of fused-ring (bicyclic) bond motifs is 1. The molecule has 0 amide bonds. The molecule has 2 aromatic carbocycles. The summed E-state index contributed by atoms with van der Waals surface area (Å²) in [6, 6.07) is 13.3. The van der Waals surface area contributed by atoms with Crippen LogP contribution in [0.3, 0.4) is 0 Å².